The Kier molecular flexibility index (Phi) is 3.17. The molecule has 88 valence electrons. The summed E-state index contributed by atoms with van der Waals surface area (Å²) in [5.74, 6) is 1.90. The molecule has 0 saturated carbocycles. The van der Waals surface area contributed by atoms with Crippen LogP contribution in [0.4, 0.5) is 0 Å². The number of nitrogens with zero attached hydrogens (tertiary/aromatic N) is 1. The molecule has 1 aliphatic heterocycles. The first-order valence-corrected chi connectivity index (χ1v) is 6.24. The zero-order chi connectivity index (χ0) is 11.7. The highest BCUT2D eigenvalue weighted by Crippen LogP contribution is 2.29. The van der Waals surface area contributed by atoms with E-state index in [4.69, 9.17) is 4.74 Å². The Hall–Kier alpha value is -1.05. The number of rotatable bonds is 2. The molecule has 0 bridgehead atoms. The predicted molar refractivity (Wildman–Crippen MR) is 65.9 cm³/mol. The SMILES string of the molecule is CC(C)c1ccc2c(n1)OC(C(C)C)CC2. The van der Waals surface area contributed by atoms with Gasteiger partial charge in [-0.3, -0.25) is 0 Å². The number of hydrogen-bond acceptors (Lipinski definition) is 2. The molecule has 0 fully saturated rings. The first-order valence-electron chi connectivity index (χ1n) is 6.24. The summed E-state index contributed by atoms with van der Waals surface area (Å²) < 4.78 is 5.97. The fraction of sp³-hybridized carbons (Fsp3) is 0.643. The summed E-state index contributed by atoms with van der Waals surface area (Å²) in [5.41, 5.74) is 2.39. The van der Waals surface area contributed by atoms with Gasteiger partial charge in [-0.2, -0.15) is 0 Å². The number of fused-ring (bicyclic) bond motifs is 1. The molecule has 0 N–H and O–H groups in total. The van der Waals surface area contributed by atoms with Crippen molar-refractivity contribution < 1.29 is 4.74 Å². The molecule has 2 nitrogen and oxygen atoms in total. The quantitative estimate of drug-likeness (QED) is 0.758. The van der Waals surface area contributed by atoms with Crippen molar-refractivity contribution in [3.05, 3.63) is 23.4 Å². The van der Waals surface area contributed by atoms with E-state index in [0.29, 0.717) is 17.9 Å². The van der Waals surface area contributed by atoms with Crippen molar-refractivity contribution in [2.45, 2.75) is 52.6 Å². The van der Waals surface area contributed by atoms with E-state index in [9.17, 15) is 0 Å². The summed E-state index contributed by atoms with van der Waals surface area (Å²) in [6.07, 6.45) is 2.55. The smallest absolute Gasteiger partial charge is 0.217 e. The summed E-state index contributed by atoms with van der Waals surface area (Å²) in [4.78, 5) is 4.62. The van der Waals surface area contributed by atoms with Gasteiger partial charge in [-0.05, 0) is 30.7 Å². The number of ether oxygens (including phenoxy) is 1. The van der Waals surface area contributed by atoms with Gasteiger partial charge in [0, 0.05) is 11.3 Å². The van der Waals surface area contributed by atoms with E-state index < -0.39 is 0 Å². The third-order valence-electron chi connectivity index (χ3n) is 3.26. The topological polar surface area (TPSA) is 22.1 Å². The van der Waals surface area contributed by atoms with Gasteiger partial charge < -0.3 is 4.74 Å². The molecular formula is C14H21NO. The molecule has 16 heavy (non-hydrogen) atoms. The lowest BCUT2D eigenvalue weighted by molar-refractivity contribution is 0.120. The standard InChI is InChI=1S/C14H21NO/c1-9(2)12-7-5-11-6-8-13(10(3)4)16-14(11)15-12/h5,7,9-10,13H,6,8H2,1-4H3. The van der Waals surface area contributed by atoms with Gasteiger partial charge in [0.25, 0.3) is 0 Å². The van der Waals surface area contributed by atoms with E-state index in [-0.39, 0.29) is 0 Å². The largest absolute Gasteiger partial charge is 0.474 e. The lowest BCUT2D eigenvalue weighted by atomic mass is 9.96. The molecule has 2 heteroatoms. The van der Waals surface area contributed by atoms with E-state index in [1.807, 2.05) is 0 Å². The lowest BCUT2D eigenvalue weighted by Gasteiger charge is -2.28. The maximum atomic E-state index is 5.97. The molecule has 2 rings (SSSR count). The molecular weight excluding hydrogens is 198 g/mol. The number of aromatic nitrogens is 1. The monoisotopic (exact) mass is 219 g/mol. The minimum atomic E-state index is 0.336. The van der Waals surface area contributed by atoms with Crippen molar-refractivity contribution in [1.29, 1.82) is 0 Å². The summed E-state index contributed by atoms with van der Waals surface area (Å²) in [7, 11) is 0. The van der Waals surface area contributed by atoms with Crippen molar-refractivity contribution in [2.75, 3.05) is 0 Å². The lowest BCUT2D eigenvalue weighted by Crippen LogP contribution is -2.28. The minimum absolute atomic E-state index is 0.336. The van der Waals surface area contributed by atoms with Gasteiger partial charge in [-0.15, -0.1) is 0 Å². The zero-order valence-electron chi connectivity index (χ0n) is 10.7. The number of pyridine rings is 1. The van der Waals surface area contributed by atoms with E-state index in [1.165, 1.54) is 5.56 Å². The first-order chi connectivity index (χ1) is 7.58. The van der Waals surface area contributed by atoms with Crippen LogP contribution >= 0.6 is 0 Å². The Morgan fingerprint density at radius 2 is 2.00 bits per heavy atom. The average molecular weight is 219 g/mol. The Balaban J connectivity index is 2.25. The fourth-order valence-electron chi connectivity index (χ4n) is 2.07. The van der Waals surface area contributed by atoms with Crippen LogP contribution in [-0.2, 0) is 6.42 Å². The van der Waals surface area contributed by atoms with Gasteiger partial charge in [-0.1, -0.05) is 33.8 Å². The second-order valence-electron chi connectivity index (χ2n) is 5.29. The molecule has 1 aliphatic rings. The van der Waals surface area contributed by atoms with Crippen LogP contribution in [0, 0.1) is 5.92 Å². The molecule has 1 atom stereocenters. The van der Waals surface area contributed by atoms with Gasteiger partial charge in [0.15, 0.2) is 0 Å². The second kappa shape index (κ2) is 4.44. The Bertz CT molecular complexity index is 371. The number of hydrogen-bond donors (Lipinski definition) is 0. The summed E-state index contributed by atoms with van der Waals surface area (Å²) in [6.45, 7) is 8.75. The predicted octanol–water partition coefficient (Wildman–Crippen LogP) is 3.55. The minimum Gasteiger partial charge on any atom is -0.474 e. The van der Waals surface area contributed by atoms with E-state index in [1.54, 1.807) is 0 Å². The van der Waals surface area contributed by atoms with Gasteiger partial charge in [-0.25, -0.2) is 4.98 Å². The normalized spacial score (nSPS) is 19.8. The van der Waals surface area contributed by atoms with Crippen LogP contribution in [0.1, 0.15) is 51.3 Å². The van der Waals surface area contributed by atoms with Crippen LogP contribution in [0.2, 0.25) is 0 Å². The molecule has 0 saturated heterocycles. The van der Waals surface area contributed by atoms with Crippen LogP contribution in [0.25, 0.3) is 0 Å². The van der Waals surface area contributed by atoms with E-state index >= 15 is 0 Å². The molecule has 0 aliphatic carbocycles. The Labute approximate surface area is 98.0 Å². The number of aryl methyl sites for hydroxylation is 1. The molecule has 0 amide bonds. The average Bonchev–Trinajstić information content (AvgIpc) is 2.27. The molecule has 0 spiro atoms. The fourth-order valence-corrected chi connectivity index (χ4v) is 2.07. The van der Waals surface area contributed by atoms with Crippen LogP contribution in [-0.4, -0.2) is 11.1 Å². The molecule has 2 heterocycles. The molecule has 1 unspecified atom stereocenters. The highest BCUT2D eigenvalue weighted by atomic mass is 16.5. The van der Waals surface area contributed by atoms with Crippen LogP contribution < -0.4 is 4.74 Å². The Morgan fingerprint density at radius 3 is 2.62 bits per heavy atom. The Morgan fingerprint density at radius 1 is 1.25 bits per heavy atom. The van der Waals surface area contributed by atoms with Crippen molar-refractivity contribution in [3.8, 4) is 5.88 Å². The first kappa shape index (κ1) is 11.4. The summed E-state index contributed by atoms with van der Waals surface area (Å²) in [5, 5.41) is 0. The maximum Gasteiger partial charge on any atom is 0.217 e. The highest BCUT2D eigenvalue weighted by molar-refractivity contribution is 5.31. The van der Waals surface area contributed by atoms with Crippen molar-refractivity contribution in [1.82, 2.24) is 4.98 Å². The van der Waals surface area contributed by atoms with Crippen molar-refractivity contribution >= 4 is 0 Å². The molecule has 0 radical (unpaired) electrons. The van der Waals surface area contributed by atoms with Gasteiger partial charge in [0.1, 0.15) is 6.10 Å². The van der Waals surface area contributed by atoms with E-state index in [0.717, 1.165) is 24.4 Å². The zero-order valence-corrected chi connectivity index (χ0v) is 10.7. The summed E-state index contributed by atoms with van der Waals surface area (Å²) >= 11 is 0. The molecule has 1 aromatic heterocycles. The third kappa shape index (κ3) is 2.21. The van der Waals surface area contributed by atoms with Gasteiger partial charge in [0.05, 0.1) is 0 Å². The highest BCUT2D eigenvalue weighted by Gasteiger charge is 2.23. The van der Waals surface area contributed by atoms with E-state index in [2.05, 4.69) is 44.8 Å². The molecule has 1 aromatic rings. The van der Waals surface area contributed by atoms with Crippen molar-refractivity contribution in [3.63, 3.8) is 0 Å². The second-order valence-corrected chi connectivity index (χ2v) is 5.29. The van der Waals surface area contributed by atoms with Crippen LogP contribution in [0.5, 0.6) is 5.88 Å². The maximum absolute atomic E-state index is 5.97. The third-order valence-corrected chi connectivity index (χ3v) is 3.26. The molecule has 0 aromatic carbocycles. The summed E-state index contributed by atoms with van der Waals surface area (Å²) in [6, 6.07) is 4.30. The van der Waals surface area contributed by atoms with Gasteiger partial charge >= 0.3 is 0 Å². The van der Waals surface area contributed by atoms with Crippen LogP contribution in [0.3, 0.4) is 0 Å². The van der Waals surface area contributed by atoms with Crippen molar-refractivity contribution in [2.24, 2.45) is 5.92 Å². The van der Waals surface area contributed by atoms with Crippen LogP contribution in [0.15, 0.2) is 12.1 Å². The van der Waals surface area contributed by atoms with Gasteiger partial charge in [0.2, 0.25) is 5.88 Å².